The molecule has 5 amide bonds. The van der Waals surface area contributed by atoms with Crippen LogP contribution in [0.1, 0.15) is 49.7 Å². The van der Waals surface area contributed by atoms with E-state index in [1.165, 1.54) is 0 Å². The molecule has 0 spiro atoms. The fourth-order valence-electron chi connectivity index (χ4n) is 7.86. The number of aromatic nitrogens is 2. The number of urea groups is 2. The monoisotopic (exact) mass is 641 g/mol. The molecule has 7 rings (SSSR count). The number of likely N-dealkylation sites (tertiary alicyclic amines) is 1. The van der Waals surface area contributed by atoms with Crippen LogP contribution in [-0.2, 0) is 11.2 Å². The van der Waals surface area contributed by atoms with E-state index in [1.807, 2.05) is 52.0 Å². The van der Waals surface area contributed by atoms with Crippen molar-refractivity contribution < 1.29 is 14.4 Å². The number of fused-ring (bicyclic) bond motifs is 2. The maximum Gasteiger partial charge on any atom is 0.322 e. The number of carbonyl (C=O) groups is 3. The predicted octanol–water partition coefficient (Wildman–Crippen LogP) is 3.20. The Kier molecular flexibility index (Phi) is 9.30. The Morgan fingerprint density at radius 2 is 1.66 bits per heavy atom. The molecule has 2 unspecified atom stereocenters. The zero-order valence-electron chi connectivity index (χ0n) is 27.3. The van der Waals surface area contributed by atoms with Crippen molar-refractivity contribution >= 4 is 34.6 Å². The third-order valence-electron chi connectivity index (χ3n) is 10.8. The molecule has 3 fully saturated rings. The average Bonchev–Trinajstić information content (AvgIpc) is 3.52. The number of piperidine rings is 2. The number of piperazine rings is 1. The van der Waals surface area contributed by atoms with Crippen molar-refractivity contribution in [2.45, 2.75) is 63.1 Å². The van der Waals surface area contributed by atoms with E-state index >= 15 is 0 Å². The van der Waals surface area contributed by atoms with Crippen LogP contribution in [0, 0.1) is 0 Å². The lowest BCUT2D eigenvalue weighted by molar-refractivity contribution is -0.136. The minimum absolute atomic E-state index is 0.0289. The summed E-state index contributed by atoms with van der Waals surface area (Å²) in [5.74, 6) is -0.271. The van der Waals surface area contributed by atoms with Crippen LogP contribution < -0.4 is 16.0 Å². The molecule has 12 nitrogen and oxygen atoms in total. The summed E-state index contributed by atoms with van der Waals surface area (Å²) < 4.78 is 0. The summed E-state index contributed by atoms with van der Waals surface area (Å²) in [4.78, 5) is 49.4. The second kappa shape index (κ2) is 13.9. The molecule has 4 aliphatic rings. The van der Waals surface area contributed by atoms with Crippen LogP contribution in [0.5, 0.6) is 0 Å². The number of nitrogens with zero attached hydrogens (tertiary/aromatic N) is 5. The molecule has 0 bridgehead atoms. The molecule has 5 heterocycles. The van der Waals surface area contributed by atoms with Crippen molar-refractivity contribution in [1.82, 2.24) is 40.4 Å². The van der Waals surface area contributed by atoms with E-state index in [0.717, 1.165) is 73.2 Å². The number of nitrogens with one attached hydrogen (secondary N) is 4. The lowest BCUT2D eigenvalue weighted by Crippen LogP contribution is -2.60. The van der Waals surface area contributed by atoms with Gasteiger partial charge in [0.1, 0.15) is 6.04 Å². The predicted molar refractivity (Wildman–Crippen MR) is 181 cm³/mol. The fourth-order valence-corrected chi connectivity index (χ4v) is 7.86. The van der Waals surface area contributed by atoms with Crippen molar-refractivity contribution in [2.75, 3.05) is 64.2 Å². The van der Waals surface area contributed by atoms with Crippen molar-refractivity contribution in [3.05, 3.63) is 59.8 Å². The summed E-state index contributed by atoms with van der Waals surface area (Å²) in [6, 6.07) is 13.6. The van der Waals surface area contributed by atoms with Gasteiger partial charge in [0.25, 0.3) is 0 Å². The van der Waals surface area contributed by atoms with Gasteiger partial charge in [-0.1, -0.05) is 31.2 Å². The standard InChI is InChI=1S/C35H47N9O3/c1-24(26-6-7-31-27(22-26)23-37-40-31)32(33(45)42-20-18-41(19-21-42)28-8-13-36-14-9-28)39-34(46)43-15-11-29(12-16-43)44-17-10-25-4-2-3-5-30(25)38-35(44)47/h2-7,22-24,28-29,32,36H,8-21H2,1H3,(H,37,40)(H,38,47)(H,39,46). The van der Waals surface area contributed by atoms with Gasteiger partial charge in [0.15, 0.2) is 0 Å². The summed E-state index contributed by atoms with van der Waals surface area (Å²) in [6.07, 6.45) is 6.27. The number of hydrogen-bond donors (Lipinski definition) is 4. The van der Waals surface area contributed by atoms with Crippen LogP contribution >= 0.6 is 0 Å². The van der Waals surface area contributed by atoms with Gasteiger partial charge in [-0.25, -0.2) is 9.59 Å². The summed E-state index contributed by atoms with van der Waals surface area (Å²) in [6.45, 7) is 8.87. The summed E-state index contributed by atoms with van der Waals surface area (Å²) in [5.41, 5.74) is 3.94. The third-order valence-corrected chi connectivity index (χ3v) is 10.8. The molecule has 4 N–H and O–H groups in total. The van der Waals surface area contributed by atoms with Gasteiger partial charge in [-0.2, -0.15) is 5.10 Å². The Labute approximate surface area is 276 Å². The molecule has 12 heteroatoms. The molecule has 4 aliphatic heterocycles. The van der Waals surface area contributed by atoms with Crippen molar-refractivity contribution in [3.63, 3.8) is 0 Å². The Hall–Kier alpha value is -4.16. The minimum atomic E-state index is -0.704. The molecular formula is C35H47N9O3. The van der Waals surface area contributed by atoms with E-state index in [4.69, 9.17) is 0 Å². The van der Waals surface area contributed by atoms with Crippen LogP contribution in [0.15, 0.2) is 48.7 Å². The van der Waals surface area contributed by atoms with Gasteiger partial charge in [-0.15, -0.1) is 0 Å². The number of rotatable bonds is 6. The smallest absolute Gasteiger partial charge is 0.322 e. The first-order chi connectivity index (χ1) is 22.9. The lowest BCUT2D eigenvalue weighted by atomic mass is 9.91. The molecule has 0 aliphatic carbocycles. The second-order valence-electron chi connectivity index (χ2n) is 13.5. The highest BCUT2D eigenvalue weighted by molar-refractivity contribution is 5.91. The second-order valence-corrected chi connectivity index (χ2v) is 13.5. The Bertz CT molecular complexity index is 1570. The van der Waals surface area contributed by atoms with Gasteiger partial charge >= 0.3 is 12.1 Å². The van der Waals surface area contributed by atoms with Crippen LogP contribution in [-0.4, -0.2) is 125 Å². The van der Waals surface area contributed by atoms with E-state index in [0.29, 0.717) is 51.6 Å². The molecule has 0 radical (unpaired) electrons. The topological polar surface area (TPSA) is 129 Å². The third kappa shape index (κ3) is 6.80. The zero-order valence-corrected chi connectivity index (χ0v) is 27.3. The molecule has 3 aromatic rings. The van der Waals surface area contributed by atoms with Crippen LogP contribution in [0.2, 0.25) is 0 Å². The maximum absolute atomic E-state index is 14.2. The zero-order chi connectivity index (χ0) is 32.3. The van der Waals surface area contributed by atoms with Gasteiger partial charge in [0.2, 0.25) is 5.91 Å². The number of para-hydroxylation sites is 1. The highest BCUT2D eigenvalue weighted by Gasteiger charge is 2.37. The van der Waals surface area contributed by atoms with Crippen molar-refractivity contribution in [2.24, 2.45) is 0 Å². The van der Waals surface area contributed by atoms with Crippen molar-refractivity contribution in [1.29, 1.82) is 0 Å². The largest absolute Gasteiger partial charge is 0.338 e. The summed E-state index contributed by atoms with van der Waals surface area (Å²) in [5, 5.41) is 17.8. The highest BCUT2D eigenvalue weighted by Crippen LogP contribution is 2.27. The number of amides is 5. The SMILES string of the molecule is CC(c1ccc2[nH]ncc2c1)C(NC(=O)N1CCC(N2CCc3ccccc3NC2=O)CC1)C(=O)N1CCN(C2CCNCC2)CC1. The molecule has 2 atom stereocenters. The van der Waals surface area contributed by atoms with Gasteiger partial charge in [0, 0.05) is 74.9 Å². The first-order valence-corrected chi connectivity index (χ1v) is 17.3. The summed E-state index contributed by atoms with van der Waals surface area (Å²) in [7, 11) is 0. The molecule has 1 aromatic heterocycles. The van der Waals surface area contributed by atoms with Crippen LogP contribution in [0.25, 0.3) is 10.9 Å². The van der Waals surface area contributed by atoms with Crippen LogP contribution in [0.3, 0.4) is 0 Å². The summed E-state index contributed by atoms with van der Waals surface area (Å²) >= 11 is 0. The number of H-pyrrole nitrogens is 1. The minimum Gasteiger partial charge on any atom is -0.338 e. The lowest BCUT2D eigenvalue weighted by Gasteiger charge is -2.42. The number of carbonyl (C=O) groups excluding carboxylic acids is 3. The van der Waals surface area contributed by atoms with E-state index < -0.39 is 6.04 Å². The van der Waals surface area contributed by atoms with E-state index in [-0.39, 0.29) is 29.9 Å². The molecule has 250 valence electrons. The molecule has 0 saturated carbocycles. The normalized spacial score (nSPS) is 21.6. The van der Waals surface area contributed by atoms with Crippen molar-refractivity contribution in [3.8, 4) is 0 Å². The molecule has 3 saturated heterocycles. The number of benzene rings is 2. The molecule has 2 aromatic carbocycles. The first-order valence-electron chi connectivity index (χ1n) is 17.3. The Morgan fingerprint density at radius 1 is 0.894 bits per heavy atom. The van der Waals surface area contributed by atoms with Gasteiger partial charge in [-0.05, 0) is 74.5 Å². The average molecular weight is 642 g/mol. The fraction of sp³-hybridized carbons (Fsp3) is 0.543. The van der Waals surface area contributed by atoms with Gasteiger partial charge < -0.3 is 30.7 Å². The van der Waals surface area contributed by atoms with Crippen LogP contribution in [0.4, 0.5) is 15.3 Å². The number of hydrogen-bond acceptors (Lipinski definition) is 6. The van der Waals surface area contributed by atoms with Gasteiger partial charge in [0.05, 0.1) is 11.7 Å². The Morgan fingerprint density at radius 3 is 2.45 bits per heavy atom. The maximum atomic E-state index is 14.2. The Balaban J connectivity index is 1.01. The quantitative estimate of drug-likeness (QED) is 0.327. The number of anilines is 1. The molecular weight excluding hydrogens is 594 g/mol. The first kappa shape index (κ1) is 31.4. The highest BCUT2D eigenvalue weighted by atomic mass is 16.2. The number of aromatic amines is 1. The van der Waals surface area contributed by atoms with E-state index in [2.05, 4.69) is 43.2 Å². The van der Waals surface area contributed by atoms with E-state index in [1.54, 1.807) is 6.20 Å². The molecule has 47 heavy (non-hydrogen) atoms. The van der Waals surface area contributed by atoms with E-state index in [9.17, 15) is 14.4 Å². The van der Waals surface area contributed by atoms with Gasteiger partial charge in [-0.3, -0.25) is 14.8 Å².